The molecule has 21 heavy (non-hydrogen) atoms. The summed E-state index contributed by atoms with van der Waals surface area (Å²) in [6.45, 7) is 0.950. The van der Waals surface area contributed by atoms with Gasteiger partial charge in [0.1, 0.15) is 13.2 Å². The van der Waals surface area contributed by atoms with E-state index in [-0.39, 0.29) is 10.9 Å². The molecule has 0 spiro atoms. The van der Waals surface area contributed by atoms with E-state index in [9.17, 15) is 8.42 Å². The summed E-state index contributed by atoms with van der Waals surface area (Å²) in [4.78, 5) is 0.246. The molecule has 0 saturated heterocycles. The summed E-state index contributed by atoms with van der Waals surface area (Å²) in [7, 11) is -3.50. The minimum absolute atomic E-state index is 0.0469. The van der Waals surface area contributed by atoms with Crippen LogP contribution in [0.3, 0.4) is 0 Å². The summed E-state index contributed by atoms with van der Waals surface area (Å²) >= 11 is 0. The molecule has 0 bridgehead atoms. The van der Waals surface area contributed by atoms with Crippen LogP contribution in [-0.2, 0) is 10.0 Å². The van der Waals surface area contributed by atoms with Crippen LogP contribution in [0.4, 0.5) is 0 Å². The zero-order valence-corrected chi connectivity index (χ0v) is 12.8. The van der Waals surface area contributed by atoms with Crippen molar-refractivity contribution in [2.45, 2.75) is 49.5 Å². The Hall–Kier alpha value is -1.27. The average molecular weight is 311 g/mol. The number of nitrogens with one attached hydrogen (secondary N) is 1. The molecule has 116 valence electrons. The van der Waals surface area contributed by atoms with Crippen LogP contribution < -0.4 is 14.2 Å². The summed E-state index contributed by atoms with van der Waals surface area (Å²) in [5, 5.41) is 0. The molecule has 1 aromatic rings. The number of benzene rings is 1. The van der Waals surface area contributed by atoms with E-state index in [0.29, 0.717) is 24.7 Å². The average Bonchev–Trinajstić information content (AvgIpc) is 2.75. The molecule has 1 fully saturated rings. The van der Waals surface area contributed by atoms with Gasteiger partial charge in [-0.25, -0.2) is 13.1 Å². The lowest BCUT2D eigenvalue weighted by Gasteiger charge is -2.20. The number of ether oxygens (including phenoxy) is 2. The van der Waals surface area contributed by atoms with Crippen LogP contribution in [0.2, 0.25) is 0 Å². The van der Waals surface area contributed by atoms with Crippen molar-refractivity contribution in [1.29, 1.82) is 0 Å². The van der Waals surface area contributed by atoms with Gasteiger partial charge in [0.05, 0.1) is 4.90 Å². The molecular formula is C15H21NO4S. The molecule has 2 aliphatic rings. The molecule has 1 aliphatic heterocycles. The number of hydrogen-bond donors (Lipinski definition) is 1. The van der Waals surface area contributed by atoms with E-state index in [4.69, 9.17) is 9.47 Å². The third-order valence-corrected chi connectivity index (χ3v) is 5.52. The second-order valence-electron chi connectivity index (χ2n) is 5.62. The van der Waals surface area contributed by atoms with Crippen LogP contribution in [0, 0.1) is 0 Å². The van der Waals surface area contributed by atoms with Gasteiger partial charge in [-0.2, -0.15) is 0 Å². The van der Waals surface area contributed by atoms with Gasteiger partial charge in [-0.1, -0.05) is 25.7 Å². The molecule has 3 rings (SSSR count). The second kappa shape index (κ2) is 6.23. The molecular weight excluding hydrogens is 290 g/mol. The van der Waals surface area contributed by atoms with Gasteiger partial charge >= 0.3 is 0 Å². The molecule has 1 saturated carbocycles. The monoisotopic (exact) mass is 311 g/mol. The van der Waals surface area contributed by atoms with Gasteiger partial charge in [0.15, 0.2) is 11.5 Å². The lowest BCUT2D eigenvalue weighted by atomic mass is 10.1. The summed E-state index contributed by atoms with van der Waals surface area (Å²) in [5.41, 5.74) is 0. The first kappa shape index (κ1) is 14.7. The Bertz CT molecular complexity index is 592. The third kappa shape index (κ3) is 3.49. The molecule has 0 atom stereocenters. The molecule has 1 N–H and O–H groups in total. The van der Waals surface area contributed by atoms with Crippen LogP contribution in [0.15, 0.2) is 23.1 Å². The van der Waals surface area contributed by atoms with Crippen molar-refractivity contribution in [2.24, 2.45) is 0 Å². The van der Waals surface area contributed by atoms with Crippen molar-refractivity contribution >= 4 is 10.0 Å². The Morgan fingerprint density at radius 1 is 0.952 bits per heavy atom. The zero-order valence-electron chi connectivity index (χ0n) is 12.0. The van der Waals surface area contributed by atoms with Crippen molar-refractivity contribution in [2.75, 3.05) is 13.2 Å². The molecule has 1 heterocycles. The van der Waals surface area contributed by atoms with Crippen molar-refractivity contribution in [3.05, 3.63) is 18.2 Å². The topological polar surface area (TPSA) is 64.6 Å². The van der Waals surface area contributed by atoms with E-state index >= 15 is 0 Å². The van der Waals surface area contributed by atoms with Crippen LogP contribution in [0.1, 0.15) is 38.5 Å². The summed E-state index contributed by atoms with van der Waals surface area (Å²) < 4.78 is 38.7. The Balaban J connectivity index is 1.77. The first-order valence-corrected chi connectivity index (χ1v) is 9.05. The van der Waals surface area contributed by atoms with Crippen LogP contribution in [0.25, 0.3) is 0 Å². The van der Waals surface area contributed by atoms with E-state index in [1.54, 1.807) is 18.2 Å². The first-order chi connectivity index (χ1) is 10.1. The maximum Gasteiger partial charge on any atom is 0.240 e. The van der Waals surface area contributed by atoms with Gasteiger partial charge in [-0.05, 0) is 25.0 Å². The second-order valence-corrected chi connectivity index (χ2v) is 7.33. The van der Waals surface area contributed by atoms with Crippen LogP contribution >= 0.6 is 0 Å². The van der Waals surface area contributed by atoms with Crippen LogP contribution in [-0.4, -0.2) is 27.7 Å². The number of fused-ring (bicyclic) bond motifs is 1. The molecule has 0 aromatic heterocycles. The Labute approximate surface area is 125 Å². The summed E-state index contributed by atoms with van der Waals surface area (Å²) in [6, 6.07) is 4.83. The van der Waals surface area contributed by atoms with E-state index in [1.165, 1.54) is 12.8 Å². The van der Waals surface area contributed by atoms with Crippen molar-refractivity contribution in [3.63, 3.8) is 0 Å². The normalized spacial score (nSPS) is 20.0. The van der Waals surface area contributed by atoms with E-state index < -0.39 is 10.0 Å². The molecule has 1 aliphatic carbocycles. The van der Waals surface area contributed by atoms with E-state index in [1.807, 2.05) is 0 Å². The zero-order chi connectivity index (χ0) is 14.7. The maximum absolute atomic E-state index is 12.5. The molecule has 0 unspecified atom stereocenters. The highest BCUT2D eigenvalue weighted by Gasteiger charge is 2.23. The summed E-state index contributed by atoms with van der Waals surface area (Å²) in [5.74, 6) is 1.11. The first-order valence-electron chi connectivity index (χ1n) is 7.57. The molecule has 1 aromatic carbocycles. The Morgan fingerprint density at radius 3 is 2.33 bits per heavy atom. The van der Waals surface area contributed by atoms with Gasteiger partial charge in [0, 0.05) is 12.1 Å². The van der Waals surface area contributed by atoms with Gasteiger partial charge in [-0.15, -0.1) is 0 Å². The minimum atomic E-state index is -3.50. The largest absolute Gasteiger partial charge is 0.486 e. The van der Waals surface area contributed by atoms with Crippen LogP contribution in [0.5, 0.6) is 11.5 Å². The fourth-order valence-electron chi connectivity index (χ4n) is 2.88. The molecule has 6 heteroatoms. The smallest absolute Gasteiger partial charge is 0.240 e. The standard InChI is InChI=1S/C15H21NO4S/c17-21(18,16-12-5-3-1-2-4-6-12)13-7-8-14-15(11-13)20-10-9-19-14/h7-8,11-12,16H,1-6,9-10H2. The SMILES string of the molecule is O=S(=O)(NC1CCCCCC1)c1ccc2c(c1)OCCO2. The fourth-order valence-corrected chi connectivity index (χ4v) is 4.20. The lowest BCUT2D eigenvalue weighted by Crippen LogP contribution is -2.34. The van der Waals surface area contributed by atoms with Gasteiger partial charge in [0.2, 0.25) is 10.0 Å². The Kier molecular flexibility index (Phi) is 4.35. The quantitative estimate of drug-likeness (QED) is 0.871. The van der Waals surface area contributed by atoms with Crippen molar-refractivity contribution < 1.29 is 17.9 Å². The third-order valence-electron chi connectivity index (χ3n) is 4.00. The predicted octanol–water partition coefficient (Wildman–Crippen LogP) is 2.46. The molecule has 0 amide bonds. The minimum Gasteiger partial charge on any atom is -0.486 e. The van der Waals surface area contributed by atoms with E-state index in [2.05, 4.69) is 4.72 Å². The number of hydrogen-bond acceptors (Lipinski definition) is 4. The maximum atomic E-state index is 12.5. The fraction of sp³-hybridized carbons (Fsp3) is 0.600. The lowest BCUT2D eigenvalue weighted by molar-refractivity contribution is 0.171. The highest BCUT2D eigenvalue weighted by Crippen LogP contribution is 2.32. The van der Waals surface area contributed by atoms with Crippen molar-refractivity contribution in [3.8, 4) is 11.5 Å². The van der Waals surface area contributed by atoms with Gasteiger partial charge in [-0.3, -0.25) is 0 Å². The van der Waals surface area contributed by atoms with Crippen molar-refractivity contribution in [1.82, 2.24) is 4.72 Å². The van der Waals surface area contributed by atoms with Gasteiger partial charge in [0.25, 0.3) is 0 Å². The Morgan fingerprint density at radius 2 is 1.62 bits per heavy atom. The molecule has 5 nitrogen and oxygen atoms in total. The molecule has 0 radical (unpaired) electrons. The number of sulfonamides is 1. The predicted molar refractivity (Wildman–Crippen MR) is 79.2 cm³/mol. The van der Waals surface area contributed by atoms with Gasteiger partial charge < -0.3 is 9.47 Å². The number of rotatable bonds is 3. The summed E-state index contributed by atoms with van der Waals surface area (Å²) in [6.07, 6.45) is 6.42. The van der Waals surface area contributed by atoms with E-state index in [0.717, 1.165) is 25.7 Å². The highest BCUT2D eigenvalue weighted by molar-refractivity contribution is 7.89. The highest BCUT2D eigenvalue weighted by atomic mass is 32.2.